The molecule has 0 unspecified atom stereocenters. The van der Waals surface area contributed by atoms with Gasteiger partial charge in [-0.15, -0.1) is 0 Å². The van der Waals surface area contributed by atoms with Gasteiger partial charge in [0.05, 0.1) is 17.7 Å². The molecule has 3 rings (SSSR count). The van der Waals surface area contributed by atoms with Gasteiger partial charge < -0.3 is 15.2 Å². The Morgan fingerprint density at radius 3 is 2.45 bits per heavy atom. The van der Waals surface area contributed by atoms with E-state index in [-0.39, 0.29) is 5.54 Å². The molecule has 3 nitrogen and oxygen atoms in total. The Bertz CT molecular complexity index is 493. The molecule has 1 aromatic carbocycles. The van der Waals surface area contributed by atoms with Gasteiger partial charge in [-0.2, -0.15) is 0 Å². The molecule has 20 heavy (non-hydrogen) atoms. The van der Waals surface area contributed by atoms with Crippen molar-refractivity contribution in [2.24, 2.45) is 5.73 Å². The minimum absolute atomic E-state index is 0.179. The van der Waals surface area contributed by atoms with E-state index >= 15 is 0 Å². The van der Waals surface area contributed by atoms with E-state index in [9.17, 15) is 0 Å². The van der Waals surface area contributed by atoms with Gasteiger partial charge in [-0.05, 0) is 78.6 Å². The highest BCUT2D eigenvalue weighted by Gasteiger charge is 2.35. The first-order chi connectivity index (χ1) is 9.62. The van der Waals surface area contributed by atoms with E-state index in [1.54, 1.807) is 7.11 Å². The van der Waals surface area contributed by atoms with E-state index in [1.807, 2.05) is 6.07 Å². The lowest BCUT2D eigenvalue weighted by Gasteiger charge is -2.39. The van der Waals surface area contributed by atoms with E-state index < -0.39 is 0 Å². The van der Waals surface area contributed by atoms with Crippen LogP contribution in [0.5, 0.6) is 11.5 Å². The van der Waals surface area contributed by atoms with Crippen molar-refractivity contribution in [1.29, 1.82) is 0 Å². The topological polar surface area (TPSA) is 44.5 Å². The van der Waals surface area contributed by atoms with Crippen LogP contribution in [0.3, 0.4) is 0 Å². The van der Waals surface area contributed by atoms with E-state index in [0.717, 1.165) is 47.2 Å². The van der Waals surface area contributed by atoms with Gasteiger partial charge in [-0.3, -0.25) is 0 Å². The Balaban J connectivity index is 1.89. The van der Waals surface area contributed by atoms with Crippen LogP contribution < -0.4 is 15.2 Å². The minimum atomic E-state index is -0.179. The van der Waals surface area contributed by atoms with Crippen molar-refractivity contribution in [1.82, 2.24) is 0 Å². The van der Waals surface area contributed by atoms with Gasteiger partial charge in [-0.1, -0.05) is 0 Å². The third-order valence-electron chi connectivity index (χ3n) is 4.64. The highest BCUT2D eigenvalue weighted by Crippen LogP contribution is 2.45. The summed E-state index contributed by atoms with van der Waals surface area (Å²) >= 11 is 3.63. The van der Waals surface area contributed by atoms with Gasteiger partial charge in [0.15, 0.2) is 11.5 Å². The normalized spacial score (nSPS) is 21.6. The predicted octanol–water partition coefficient (Wildman–Crippen LogP) is 4.12. The largest absolute Gasteiger partial charge is 0.493 e. The lowest BCUT2D eigenvalue weighted by atomic mass is 9.73. The summed E-state index contributed by atoms with van der Waals surface area (Å²) < 4.78 is 12.6. The van der Waals surface area contributed by atoms with Gasteiger partial charge in [0.2, 0.25) is 0 Å². The Labute approximate surface area is 129 Å². The third-order valence-corrected chi connectivity index (χ3v) is 5.23. The van der Waals surface area contributed by atoms with Crippen LogP contribution in [-0.4, -0.2) is 13.2 Å². The zero-order valence-corrected chi connectivity index (χ0v) is 13.5. The summed E-state index contributed by atoms with van der Waals surface area (Å²) in [5, 5.41) is 0. The summed E-state index contributed by atoms with van der Waals surface area (Å²) in [5.74, 6) is 1.61. The van der Waals surface area contributed by atoms with Crippen LogP contribution in [0.4, 0.5) is 0 Å². The van der Waals surface area contributed by atoms with Gasteiger partial charge in [0.1, 0.15) is 0 Å². The second kappa shape index (κ2) is 5.57. The van der Waals surface area contributed by atoms with Gasteiger partial charge in [-0.25, -0.2) is 0 Å². The molecule has 0 radical (unpaired) electrons. The van der Waals surface area contributed by atoms with Crippen molar-refractivity contribution in [2.75, 3.05) is 7.11 Å². The van der Waals surface area contributed by atoms with Crippen molar-refractivity contribution in [3.63, 3.8) is 0 Å². The van der Waals surface area contributed by atoms with E-state index in [2.05, 4.69) is 22.0 Å². The number of hydrogen-bond donors (Lipinski definition) is 1. The molecule has 0 amide bonds. The molecule has 110 valence electrons. The van der Waals surface area contributed by atoms with Crippen LogP contribution >= 0.6 is 15.9 Å². The molecule has 1 aromatic rings. The monoisotopic (exact) mass is 339 g/mol. The molecule has 0 aromatic heterocycles. The van der Waals surface area contributed by atoms with E-state index in [4.69, 9.17) is 15.2 Å². The molecule has 0 saturated heterocycles. The van der Waals surface area contributed by atoms with E-state index in [0.29, 0.717) is 6.10 Å². The molecule has 0 aliphatic heterocycles. The second-order valence-electron chi connectivity index (χ2n) is 6.02. The smallest absolute Gasteiger partial charge is 0.175 e. The first-order valence-corrected chi connectivity index (χ1v) is 8.25. The fraction of sp³-hybridized carbons (Fsp3) is 0.625. The number of nitrogens with two attached hydrogens (primary N) is 1. The molecule has 2 saturated carbocycles. The van der Waals surface area contributed by atoms with Crippen molar-refractivity contribution >= 4 is 15.9 Å². The number of hydrogen-bond acceptors (Lipinski definition) is 3. The second-order valence-corrected chi connectivity index (χ2v) is 6.88. The SMILES string of the molecule is COc1cc(C2(N)CCC2)cc(Br)c1OC1CCCC1. The van der Waals surface area contributed by atoms with Crippen LogP contribution in [0.1, 0.15) is 50.5 Å². The number of halogens is 1. The fourth-order valence-electron chi connectivity index (χ4n) is 3.14. The Hall–Kier alpha value is -0.740. The molecule has 4 heteroatoms. The summed E-state index contributed by atoms with van der Waals surface area (Å²) in [6.45, 7) is 0. The molecule has 2 aliphatic carbocycles. The number of benzene rings is 1. The molecule has 0 atom stereocenters. The van der Waals surface area contributed by atoms with Gasteiger partial charge in [0.25, 0.3) is 0 Å². The van der Waals surface area contributed by atoms with Crippen molar-refractivity contribution in [2.45, 2.75) is 56.6 Å². The zero-order chi connectivity index (χ0) is 14.2. The van der Waals surface area contributed by atoms with Crippen LogP contribution in [-0.2, 0) is 5.54 Å². The van der Waals surface area contributed by atoms with E-state index in [1.165, 1.54) is 19.3 Å². The standard InChI is InChI=1S/C16H22BrNO2/c1-19-14-10-11(16(18)7-4-8-16)9-13(17)15(14)20-12-5-2-3-6-12/h9-10,12H,2-8,18H2,1H3. The molecule has 0 bridgehead atoms. The van der Waals surface area contributed by atoms with Crippen LogP contribution in [0.15, 0.2) is 16.6 Å². The molecule has 2 aliphatic rings. The summed E-state index contributed by atoms with van der Waals surface area (Å²) in [6.07, 6.45) is 8.41. The lowest BCUT2D eigenvalue weighted by Crippen LogP contribution is -2.43. The number of rotatable bonds is 4. The lowest BCUT2D eigenvalue weighted by molar-refractivity contribution is 0.198. The maximum absolute atomic E-state index is 6.41. The highest BCUT2D eigenvalue weighted by atomic mass is 79.9. The summed E-state index contributed by atoms with van der Waals surface area (Å²) in [6, 6.07) is 4.15. The average Bonchev–Trinajstić information content (AvgIpc) is 2.91. The van der Waals surface area contributed by atoms with Crippen LogP contribution in [0.2, 0.25) is 0 Å². The maximum Gasteiger partial charge on any atom is 0.175 e. The molecule has 0 spiro atoms. The Morgan fingerprint density at radius 2 is 1.90 bits per heavy atom. The third kappa shape index (κ3) is 2.56. The molecule has 2 fully saturated rings. The fourth-order valence-corrected chi connectivity index (χ4v) is 3.68. The van der Waals surface area contributed by atoms with Crippen molar-refractivity contribution in [3.8, 4) is 11.5 Å². The van der Waals surface area contributed by atoms with Crippen molar-refractivity contribution < 1.29 is 9.47 Å². The van der Waals surface area contributed by atoms with Gasteiger partial charge in [0, 0.05) is 5.54 Å². The highest BCUT2D eigenvalue weighted by molar-refractivity contribution is 9.10. The van der Waals surface area contributed by atoms with Gasteiger partial charge >= 0.3 is 0 Å². The van der Waals surface area contributed by atoms with Crippen molar-refractivity contribution in [3.05, 3.63) is 22.2 Å². The quantitative estimate of drug-likeness (QED) is 0.897. The maximum atomic E-state index is 6.41. The summed E-state index contributed by atoms with van der Waals surface area (Å²) in [5.41, 5.74) is 7.38. The Morgan fingerprint density at radius 1 is 1.20 bits per heavy atom. The number of ether oxygens (including phenoxy) is 2. The Kier molecular flexibility index (Phi) is 3.95. The molecular weight excluding hydrogens is 318 g/mol. The van der Waals surface area contributed by atoms with Crippen LogP contribution in [0, 0.1) is 0 Å². The summed E-state index contributed by atoms with van der Waals surface area (Å²) in [7, 11) is 1.69. The first-order valence-electron chi connectivity index (χ1n) is 7.46. The average molecular weight is 340 g/mol. The predicted molar refractivity (Wildman–Crippen MR) is 83.3 cm³/mol. The molecule has 0 heterocycles. The van der Waals surface area contributed by atoms with Crippen LogP contribution in [0.25, 0.3) is 0 Å². The molecule has 2 N–H and O–H groups in total. The first kappa shape index (κ1) is 14.2. The summed E-state index contributed by atoms with van der Waals surface area (Å²) in [4.78, 5) is 0. The molecular formula is C16H22BrNO2. The number of methoxy groups -OCH3 is 1. The zero-order valence-electron chi connectivity index (χ0n) is 12.0. The minimum Gasteiger partial charge on any atom is -0.493 e.